The fourth-order valence-corrected chi connectivity index (χ4v) is 3.89. The fraction of sp³-hybridized carbons (Fsp3) is 0.909. The third-order valence-electron chi connectivity index (χ3n) is 3.13. The molecule has 2 atom stereocenters. The monoisotopic (exact) mass is 292 g/mol. The lowest BCUT2D eigenvalue weighted by Crippen LogP contribution is -2.45. The Kier molecular flexibility index (Phi) is 4.03. The van der Waals surface area contributed by atoms with Crippen molar-refractivity contribution >= 4 is 15.9 Å². The second kappa shape index (κ2) is 5.26. The van der Waals surface area contributed by atoms with Crippen LogP contribution in [-0.4, -0.2) is 57.0 Å². The maximum atomic E-state index is 11.6. The van der Waals surface area contributed by atoms with Gasteiger partial charge in [-0.05, 0) is 20.3 Å². The highest BCUT2D eigenvalue weighted by Gasteiger charge is 2.33. The van der Waals surface area contributed by atoms with Crippen molar-refractivity contribution in [2.75, 3.05) is 24.7 Å². The summed E-state index contributed by atoms with van der Waals surface area (Å²) in [5, 5.41) is 5.32. The van der Waals surface area contributed by atoms with Crippen LogP contribution in [0, 0.1) is 0 Å². The summed E-state index contributed by atoms with van der Waals surface area (Å²) in [5.41, 5.74) is 0. The number of carbonyl (C=O) groups is 1. The zero-order chi connectivity index (χ0) is 14.1. The molecule has 8 heteroatoms. The van der Waals surface area contributed by atoms with Gasteiger partial charge in [0.1, 0.15) is 6.10 Å². The molecule has 2 heterocycles. The Morgan fingerprint density at radius 1 is 1.42 bits per heavy atom. The summed E-state index contributed by atoms with van der Waals surface area (Å²) < 4.78 is 33.4. The van der Waals surface area contributed by atoms with Gasteiger partial charge in [0.2, 0.25) is 0 Å². The predicted octanol–water partition coefficient (Wildman–Crippen LogP) is -0.376. The van der Waals surface area contributed by atoms with Crippen LogP contribution in [0.4, 0.5) is 4.79 Å². The van der Waals surface area contributed by atoms with E-state index in [0.29, 0.717) is 19.6 Å². The van der Waals surface area contributed by atoms with Gasteiger partial charge in [-0.1, -0.05) is 0 Å². The molecule has 2 N–H and O–H groups in total. The first kappa shape index (κ1) is 14.5. The minimum Gasteiger partial charge on any atom is -0.348 e. The molecule has 0 bridgehead atoms. The van der Waals surface area contributed by atoms with E-state index in [9.17, 15) is 13.2 Å². The maximum absolute atomic E-state index is 11.6. The van der Waals surface area contributed by atoms with E-state index in [0.717, 1.165) is 0 Å². The van der Waals surface area contributed by atoms with Gasteiger partial charge in [-0.15, -0.1) is 0 Å². The summed E-state index contributed by atoms with van der Waals surface area (Å²) in [6.45, 7) is 4.41. The lowest BCUT2D eigenvalue weighted by molar-refractivity contribution is -0.137. The second-order valence-electron chi connectivity index (χ2n) is 5.41. The van der Waals surface area contributed by atoms with E-state index in [1.165, 1.54) is 0 Å². The molecule has 2 aliphatic heterocycles. The normalized spacial score (nSPS) is 32.1. The molecule has 2 fully saturated rings. The average molecular weight is 292 g/mol. The van der Waals surface area contributed by atoms with Crippen molar-refractivity contribution in [1.82, 2.24) is 10.6 Å². The Labute approximate surface area is 112 Å². The number of hydrogen-bond donors (Lipinski definition) is 2. The van der Waals surface area contributed by atoms with Gasteiger partial charge in [-0.25, -0.2) is 13.2 Å². The van der Waals surface area contributed by atoms with Gasteiger partial charge in [0.15, 0.2) is 15.6 Å². The minimum absolute atomic E-state index is 0.0243. The van der Waals surface area contributed by atoms with Crippen LogP contribution in [-0.2, 0) is 19.3 Å². The van der Waals surface area contributed by atoms with Crippen molar-refractivity contribution in [2.45, 2.75) is 38.2 Å². The number of urea groups is 1. The molecule has 0 unspecified atom stereocenters. The third-order valence-corrected chi connectivity index (χ3v) is 4.89. The first-order chi connectivity index (χ1) is 8.76. The molecule has 2 amide bonds. The summed E-state index contributed by atoms with van der Waals surface area (Å²) in [6.07, 6.45) is 0.305. The first-order valence-electron chi connectivity index (χ1n) is 6.32. The molecule has 2 aliphatic rings. The molecule has 0 aliphatic carbocycles. The van der Waals surface area contributed by atoms with Gasteiger partial charge in [-0.3, -0.25) is 0 Å². The molecule has 0 radical (unpaired) electrons. The molecule has 0 spiro atoms. The average Bonchev–Trinajstić information content (AvgIpc) is 2.78. The van der Waals surface area contributed by atoms with E-state index >= 15 is 0 Å². The summed E-state index contributed by atoms with van der Waals surface area (Å²) >= 11 is 0. The van der Waals surface area contributed by atoms with Crippen molar-refractivity contribution in [3.8, 4) is 0 Å². The second-order valence-corrected chi connectivity index (χ2v) is 7.63. The van der Waals surface area contributed by atoms with Crippen molar-refractivity contribution < 1.29 is 22.7 Å². The number of carbonyl (C=O) groups excluding carboxylic acids is 1. The molecule has 2 saturated heterocycles. The van der Waals surface area contributed by atoms with Crippen molar-refractivity contribution in [2.24, 2.45) is 0 Å². The summed E-state index contributed by atoms with van der Waals surface area (Å²) in [6, 6.07) is -0.655. The van der Waals surface area contributed by atoms with E-state index in [4.69, 9.17) is 9.47 Å². The van der Waals surface area contributed by atoms with Crippen LogP contribution in [0.15, 0.2) is 0 Å². The molecular weight excluding hydrogens is 272 g/mol. The van der Waals surface area contributed by atoms with Crippen LogP contribution < -0.4 is 10.6 Å². The van der Waals surface area contributed by atoms with Crippen LogP contribution in [0.3, 0.4) is 0 Å². The Morgan fingerprint density at radius 2 is 2.16 bits per heavy atom. The highest BCUT2D eigenvalue weighted by Crippen LogP contribution is 2.21. The topological polar surface area (TPSA) is 93.7 Å². The number of sulfone groups is 1. The Balaban J connectivity index is 1.68. The molecule has 0 aromatic heterocycles. The molecule has 110 valence electrons. The summed E-state index contributed by atoms with van der Waals surface area (Å²) in [4.78, 5) is 11.6. The Hall–Kier alpha value is -0.860. The fourth-order valence-electron chi connectivity index (χ4n) is 2.22. The maximum Gasteiger partial charge on any atom is 0.315 e. The first-order valence-corrected chi connectivity index (χ1v) is 8.14. The molecule has 0 aromatic rings. The van der Waals surface area contributed by atoms with E-state index in [2.05, 4.69) is 10.6 Å². The predicted molar refractivity (Wildman–Crippen MR) is 68.5 cm³/mol. The number of hydrogen-bond acceptors (Lipinski definition) is 5. The van der Waals surface area contributed by atoms with E-state index in [-0.39, 0.29) is 29.7 Å². The third kappa shape index (κ3) is 4.32. The van der Waals surface area contributed by atoms with Crippen LogP contribution in [0.1, 0.15) is 20.3 Å². The van der Waals surface area contributed by atoms with Crippen molar-refractivity contribution in [1.29, 1.82) is 0 Å². The van der Waals surface area contributed by atoms with Gasteiger partial charge in [0, 0.05) is 12.6 Å². The van der Waals surface area contributed by atoms with Crippen LogP contribution in [0.5, 0.6) is 0 Å². The van der Waals surface area contributed by atoms with Crippen LogP contribution in [0.25, 0.3) is 0 Å². The number of nitrogens with one attached hydrogen (secondary N) is 2. The Morgan fingerprint density at radius 3 is 2.68 bits per heavy atom. The van der Waals surface area contributed by atoms with Crippen molar-refractivity contribution in [3.05, 3.63) is 0 Å². The van der Waals surface area contributed by atoms with E-state index < -0.39 is 15.6 Å². The zero-order valence-electron chi connectivity index (χ0n) is 11.1. The van der Waals surface area contributed by atoms with Gasteiger partial charge in [0.25, 0.3) is 0 Å². The number of rotatable bonds is 3. The highest BCUT2D eigenvalue weighted by molar-refractivity contribution is 7.91. The SMILES string of the molecule is CC1(C)OC[C@H](CNC(=O)N[C@H]2CCS(=O)(=O)C2)O1. The van der Waals surface area contributed by atoms with Gasteiger partial charge in [0.05, 0.1) is 18.1 Å². The minimum atomic E-state index is -2.97. The van der Waals surface area contributed by atoms with Gasteiger partial charge < -0.3 is 20.1 Å². The van der Waals surface area contributed by atoms with Crippen molar-refractivity contribution in [3.63, 3.8) is 0 Å². The Bertz CT molecular complexity index is 448. The number of ether oxygens (including phenoxy) is 2. The molecule has 0 aromatic carbocycles. The standard InChI is InChI=1S/C11H20N2O5S/c1-11(2)17-6-9(18-11)5-12-10(14)13-8-3-4-19(15,16)7-8/h8-9H,3-7H2,1-2H3,(H2,12,13,14)/t8-,9-/m0/s1. The van der Waals surface area contributed by atoms with E-state index in [1.807, 2.05) is 13.8 Å². The van der Waals surface area contributed by atoms with Crippen LogP contribution in [0.2, 0.25) is 0 Å². The molecular formula is C11H20N2O5S. The van der Waals surface area contributed by atoms with E-state index in [1.54, 1.807) is 0 Å². The highest BCUT2D eigenvalue weighted by atomic mass is 32.2. The lowest BCUT2D eigenvalue weighted by atomic mass is 10.3. The molecule has 19 heavy (non-hydrogen) atoms. The molecule has 0 saturated carbocycles. The van der Waals surface area contributed by atoms with Crippen LogP contribution >= 0.6 is 0 Å². The summed E-state index contributed by atoms with van der Waals surface area (Å²) in [5.74, 6) is -0.440. The quantitative estimate of drug-likeness (QED) is 0.740. The van der Waals surface area contributed by atoms with Gasteiger partial charge >= 0.3 is 6.03 Å². The molecule has 7 nitrogen and oxygen atoms in total. The zero-order valence-corrected chi connectivity index (χ0v) is 12.0. The lowest BCUT2D eigenvalue weighted by Gasteiger charge is -2.18. The number of amides is 2. The summed E-state index contributed by atoms with van der Waals surface area (Å²) in [7, 11) is -2.97. The molecule has 2 rings (SSSR count). The largest absolute Gasteiger partial charge is 0.348 e. The van der Waals surface area contributed by atoms with Gasteiger partial charge in [-0.2, -0.15) is 0 Å². The smallest absolute Gasteiger partial charge is 0.315 e.